The van der Waals surface area contributed by atoms with Crippen LogP contribution in [-0.4, -0.2) is 28.3 Å². The van der Waals surface area contributed by atoms with E-state index in [0.717, 1.165) is 18.0 Å². The molecule has 0 aromatic heterocycles. The smallest absolute Gasteiger partial charge is 0.0238 e. The first-order chi connectivity index (χ1) is 4.77. The first kappa shape index (κ1) is 7.31. The van der Waals surface area contributed by atoms with Crippen molar-refractivity contribution in [1.29, 1.82) is 0 Å². The van der Waals surface area contributed by atoms with Gasteiger partial charge in [-0.25, -0.2) is 3.11 Å². The van der Waals surface area contributed by atoms with Gasteiger partial charge in [-0.3, -0.25) is 0 Å². The first-order valence-corrected chi connectivity index (χ1v) is 4.89. The fraction of sp³-hybridized carbons (Fsp3) is 1.00. The summed E-state index contributed by atoms with van der Waals surface area (Å²) in [5.74, 6) is 0.913. The molecule has 3 atom stereocenters. The number of halogens is 1. The van der Waals surface area contributed by atoms with E-state index >= 15 is 0 Å². The van der Waals surface area contributed by atoms with Crippen LogP contribution >= 0.6 is 22.9 Å². The van der Waals surface area contributed by atoms with E-state index in [1.165, 1.54) is 19.5 Å². The Balaban J connectivity index is 2.09. The Bertz CT molecular complexity index is 140. The van der Waals surface area contributed by atoms with Crippen LogP contribution in [0.5, 0.6) is 0 Å². The maximum Gasteiger partial charge on any atom is 0.0238 e. The fourth-order valence-electron chi connectivity index (χ4n) is 1.96. The zero-order chi connectivity index (χ0) is 7.14. The second kappa shape index (κ2) is 2.60. The normalized spacial score (nSPS) is 48.0. The maximum absolute atomic E-state index is 3.53. The molecule has 0 spiro atoms. The number of hydrogen-bond acceptors (Lipinski definition) is 2. The van der Waals surface area contributed by atoms with Crippen LogP contribution < -0.4 is 5.32 Å². The van der Waals surface area contributed by atoms with Crippen molar-refractivity contribution in [1.82, 2.24) is 8.43 Å². The SMILES string of the molecule is CC1C2CNC(C2)CN1I. The number of piperidine rings is 1. The summed E-state index contributed by atoms with van der Waals surface area (Å²) in [7, 11) is 0. The largest absolute Gasteiger partial charge is 0.312 e. The lowest BCUT2D eigenvalue weighted by atomic mass is 9.94. The fourth-order valence-corrected chi connectivity index (χ4v) is 2.89. The third kappa shape index (κ3) is 1.08. The van der Waals surface area contributed by atoms with Gasteiger partial charge in [0.1, 0.15) is 0 Å². The van der Waals surface area contributed by atoms with Gasteiger partial charge in [-0.15, -0.1) is 0 Å². The highest BCUT2D eigenvalue weighted by Crippen LogP contribution is 2.29. The standard InChI is InChI=1S/C7H13IN2/c1-5-6-2-7(9-3-6)4-10(5)8/h5-7,9H,2-4H2,1H3. The van der Waals surface area contributed by atoms with E-state index in [9.17, 15) is 0 Å². The summed E-state index contributed by atoms with van der Waals surface area (Å²) in [5.41, 5.74) is 0. The van der Waals surface area contributed by atoms with Crippen molar-refractivity contribution >= 4 is 22.9 Å². The molecule has 0 aliphatic carbocycles. The molecule has 2 bridgehead atoms. The summed E-state index contributed by atoms with van der Waals surface area (Å²) in [4.78, 5) is 0. The van der Waals surface area contributed by atoms with Crippen molar-refractivity contribution in [3.8, 4) is 0 Å². The van der Waals surface area contributed by atoms with Gasteiger partial charge in [0.15, 0.2) is 0 Å². The van der Waals surface area contributed by atoms with Gasteiger partial charge < -0.3 is 5.32 Å². The zero-order valence-electron chi connectivity index (χ0n) is 6.18. The topological polar surface area (TPSA) is 15.3 Å². The highest BCUT2D eigenvalue weighted by Gasteiger charge is 2.36. The summed E-state index contributed by atoms with van der Waals surface area (Å²) < 4.78 is 2.44. The molecule has 0 saturated carbocycles. The Morgan fingerprint density at radius 1 is 1.60 bits per heavy atom. The summed E-state index contributed by atoms with van der Waals surface area (Å²) in [5, 5.41) is 3.53. The van der Waals surface area contributed by atoms with Crippen LogP contribution in [0.3, 0.4) is 0 Å². The molecular weight excluding hydrogens is 239 g/mol. The Kier molecular flexibility index (Phi) is 1.90. The van der Waals surface area contributed by atoms with Crippen molar-refractivity contribution in [2.45, 2.75) is 25.4 Å². The zero-order valence-corrected chi connectivity index (χ0v) is 8.34. The average Bonchev–Trinajstić information content (AvgIpc) is 2.29. The molecule has 0 amide bonds. The van der Waals surface area contributed by atoms with Gasteiger partial charge in [0.05, 0.1) is 0 Å². The van der Waals surface area contributed by atoms with E-state index in [4.69, 9.17) is 0 Å². The number of hydrogen-bond donors (Lipinski definition) is 1. The Morgan fingerprint density at radius 3 is 3.20 bits per heavy atom. The van der Waals surface area contributed by atoms with Gasteiger partial charge in [-0.2, -0.15) is 0 Å². The van der Waals surface area contributed by atoms with Gasteiger partial charge in [0, 0.05) is 41.5 Å². The van der Waals surface area contributed by atoms with Gasteiger partial charge in [0.2, 0.25) is 0 Å². The molecule has 58 valence electrons. The quantitative estimate of drug-likeness (QED) is 0.511. The average molecular weight is 252 g/mol. The molecule has 2 aliphatic rings. The van der Waals surface area contributed by atoms with Crippen LogP contribution in [0, 0.1) is 5.92 Å². The van der Waals surface area contributed by atoms with Gasteiger partial charge in [-0.1, -0.05) is 0 Å². The van der Waals surface area contributed by atoms with Gasteiger partial charge in [0.25, 0.3) is 0 Å². The number of nitrogens with zero attached hydrogens (tertiary/aromatic N) is 1. The summed E-state index contributed by atoms with van der Waals surface area (Å²) in [6, 6.07) is 1.57. The minimum absolute atomic E-state index is 0.784. The molecule has 2 saturated heterocycles. The number of fused-ring (bicyclic) bond motifs is 2. The van der Waals surface area contributed by atoms with Crippen molar-refractivity contribution in [2.24, 2.45) is 5.92 Å². The molecule has 2 nitrogen and oxygen atoms in total. The van der Waals surface area contributed by atoms with Crippen LogP contribution in [0.1, 0.15) is 13.3 Å². The van der Waals surface area contributed by atoms with Crippen LogP contribution in [-0.2, 0) is 0 Å². The van der Waals surface area contributed by atoms with Gasteiger partial charge in [-0.05, 0) is 25.8 Å². The summed E-state index contributed by atoms with van der Waals surface area (Å²) in [6.07, 6.45) is 1.40. The van der Waals surface area contributed by atoms with Crippen LogP contribution in [0.25, 0.3) is 0 Å². The van der Waals surface area contributed by atoms with Crippen molar-refractivity contribution in [3.05, 3.63) is 0 Å². The molecule has 3 unspecified atom stereocenters. The van der Waals surface area contributed by atoms with E-state index in [1.807, 2.05) is 0 Å². The van der Waals surface area contributed by atoms with Crippen molar-refractivity contribution in [3.63, 3.8) is 0 Å². The monoisotopic (exact) mass is 252 g/mol. The molecular formula is C7H13IN2. The van der Waals surface area contributed by atoms with Crippen molar-refractivity contribution in [2.75, 3.05) is 13.1 Å². The van der Waals surface area contributed by atoms with Crippen LogP contribution in [0.15, 0.2) is 0 Å². The minimum Gasteiger partial charge on any atom is -0.312 e. The highest BCUT2D eigenvalue weighted by atomic mass is 127. The molecule has 0 radical (unpaired) electrons. The first-order valence-electron chi connectivity index (χ1n) is 3.93. The third-order valence-electron chi connectivity index (χ3n) is 2.77. The highest BCUT2D eigenvalue weighted by molar-refractivity contribution is 14.1. The van der Waals surface area contributed by atoms with Crippen LogP contribution in [0.2, 0.25) is 0 Å². The summed E-state index contributed by atoms with van der Waals surface area (Å²) in [6.45, 7) is 4.81. The Hall–Kier alpha value is 0.650. The lowest BCUT2D eigenvalue weighted by molar-refractivity contribution is 0.255. The lowest BCUT2D eigenvalue weighted by Gasteiger charge is -2.32. The molecule has 3 heteroatoms. The molecule has 10 heavy (non-hydrogen) atoms. The summed E-state index contributed by atoms with van der Waals surface area (Å²) >= 11 is 2.45. The second-order valence-electron chi connectivity index (χ2n) is 3.42. The van der Waals surface area contributed by atoms with E-state index in [2.05, 4.69) is 38.2 Å². The predicted molar refractivity (Wildman–Crippen MR) is 50.1 cm³/mol. The molecule has 2 aliphatic heterocycles. The Labute approximate surface area is 75.8 Å². The van der Waals surface area contributed by atoms with Crippen molar-refractivity contribution < 1.29 is 0 Å². The molecule has 0 aromatic carbocycles. The molecule has 2 rings (SSSR count). The molecule has 2 heterocycles. The molecule has 0 aromatic rings. The third-order valence-corrected chi connectivity index (χ3v) is 4.05. The van der Waals surface area contributed by atoms with Crippen LogP contribution in [0.4, 0.5) is 0 Å². The molecule has 1 N–H and O–H groups in total. The molecule has 2 fully saturated rings. The lowest BCUT2D eigenvalue weighted by Crippen LogP contribution is -2.40. The number of rotatable bonds is 0. The van der Waals surface area contributed by atoms with Gasteiger partial charge >= 0.3 is 0 Å². The second-order valence-corrected chi connectivity index (χ2v) is 4.66. The van der Waals surface area contributed by atoms with E-state index in [1.54, 1.807) is 0 Å². The maximum atomic E-state index is 3.53. The minimum atomic E-state index is 0.784. The predicted octanol–water partition coefficient (Wildman–Crippen LogP) is 1.02. The Morgan fingerprint density at radius 2 is 2.40 bits per heavy atom. The number of nitrogens with one attached hydrogen (secondary N) is 1. The van der Waals surface area contributed by atoms with E-state index in [0.29, 0.717) is 0 Å². The van der Waals surface area contributed by atoms with E-state index < -0.39 is 0 Å². The van der Waals surface area contributed by atoms with E-state index in [-0.39, 0.29) is 0 Å².